The molecule has 0 saturated carbocycles. The molecule has 0 spiro atoms. The molecule has 0 radical (unpaired) electrons. The first kappa shape index (κ1) is 19.0. The molecule has 0 atom stereocenters. The van der Waals surface area contributed by atoms with Gasteiger partial charge in [-0.05, 0) is 62.6 Å². The normalized spacial score (nSPS) is 12.7. The Morgan fingerprint density at radius 1 is 0.963 bits per heavy atom. The lowest BCUT2D eigenvalue weighted by Crippen LogP contribution is -2.41. The Balaban J connectivity index is 1.59. The van der Waals surface area contributed by atoms with Gasteiger partial charge in [0, 0.05) is 18.4 Å². The van der Waals surface area contributed by atoms with Crippen molar-refractivity contribution >= 4 is 11.7 Å². The van der Waals surface area contributed by atoms with E-state index < -0.39 is 5.54 Å². The number of ketones is 1. The van der Waals surface area contributed by atoms with Crippen molar-refractivity contribution in [3.8, 4) is 11.5 Å². The predicted molar refractivity (Wildman–Crippen MR) is 103 cm³/mol. The third-order valence-corrected chi connectivity index (χ3v) is 4.95. The molecule has 2 aromatic rings. The topological polar surface area (TPSA) is 64.6 Å². The minimum atomic E-state index is -0.582. The minimum absolute atomic E-state index is 0.0193. The van der Waals surface area contributed by atoms with Crippen molar-refractivity contribution < 1.29 is 19.1 Å². The molecule has 1 amide bonds. The van der Waals surface area contributed by atoms with Crippen LogP contribution in [0.25, 0.3) is 0 Å². The van der Waals surface area contributed by atoms with E-state index in [-0.39, 0.29) is 31.3 Å². The number of amides is 1. The number of hydrogen-bond acceptors (Lipinski definition) is 4. The van der Waals surface area contributed by atoms with E-state index >= 15 is 0 Å². The lowest BCUT2D eigenvalue weighted by Gasteiger charge is -2.27. The van der Waals surface area contributed by atoms with Crippen LogP contribution in [0.15, 0.2) is 36.4 Å². The van der Waals surface area contributed by atoms with Crippen molar-refractivity contribution in [2.45, 2.75) is 46.1 Å². The SMILES string of the molecule is Cc1ccc(C(=O)CCC(=O)NC(C)(C)c2ccc3c(c2)OCO3)cc1C. The van der Waals surface area contributed by atoms with Gasteiger partial charge in [0.2, 0.25) is 12.7 Å². The van der Waals surface area contributed by atoms with Crippen LogP contribution in [0.4, 0.5) is 0 Å². The molecule has 1 heterocycles. The second kappa shape index (κ2) is 7.43. The maximum absolute atomic E-state index is 12.4. The zero-order valence-electron chi connectivity index (χ0n) is 16.2. The number of benzene rings is 2. The van der Waals surface area contributed by atoms with Gasteiger partial charge in [-0.1, -0.05) is 18.2 Å². The number of nitrogens with one attached hydrogen (secondary N) is 1. The predicted octanol–water partition coefficient (Wildman–Crippen LogP) is 4.05. The van der Waals surface area contributed by atoms with E-state index in [1.54, 1.807) is 0 Å². The van der Waals surface area contributed by atoms with Gasteiger partial charge in [0.05, 0.1) is 5.54 Å². The van der Waals surface area contributed by atoms with E-state index in [9.17, 15) is 9.59 Å². The summed E-state index contributed by atoms with van der Waals surface area (Å²) in [6.07, 6.45) is 0.339. The third kappa shape index (κ3) is 4.30. The molecule has 2 aromatic carbocycles. The number of rotatable bonds is 6. The highest BCUT2D eigenvalue weighted by atomic mass is 16.7. The quantitative estimate of drug-likeness (QED) is 0.783. The Morgan fingerprint density at radius 3 is 2.44 bits per heavy atom. The van der Waals surface area contributed by atoms with Gasteiger partial charge in [0.1, 0.15) is 0 Å². The van der Waals surface area contributed by atoms with E-state index in [1.807, 2.05) is 64.1 Å². The van der Waals surface area contributed by atoms with Crippen LogP contribution in [0.2, 0.25) is 0 Å². The van der Waals surface area contributed by atoms with Crippen LogP contribution < -0.4 is 14.8 Å². The Kier molecular flexibility index (Phi) is 5.22. The largest absolute Gasteiger partial charge is 0.454 e. The Morgan fingerprint density at radius 2 is 1.70 bits per heavy atom. The van der Waals surface area contributed by atoms with Gasteiger partial charge < -0.3 is 14.8 Å². The summed E-state index contributed by atoms with van der Waals surface area (Å²) in [7, 11) is 0. The van der Waals surface area contributed by atoms with Crippen molar-refractivity contribution in [1.29, 1.82) is 0 Å². The summed E-state index contributed by atoms with van der Waals surface area (Å²) in [6.45, 7) is 8.05. The van der Waals surface area contributed by atoms with Crippen LogP contribution in [-0.4, -0.2) is 18.5 Å². The maximum Gasteiger partial charge on any atom is 0.231 e. The first-order chi connectivity index (χ1) is 12.8. The van der Waals surface area contributed by atoms with Crippen LogP contribution in [-0.2, 0) is 10.3 Å². The zero-order valence-corrected chi connectivity index (χ0v) is 16.2. The van der Waals surface area contributed by atoms with Crippen molar-refractivity contribution in [2.75, 3.05) is 6.79 Å². The van der Waals surface area contributed by atoms with Gasteiger partial charge in [-0.15, -0.1) is 0 Å². The zero-order chi connectivity index (χ0) is 19.6. The first-order valence-electron chi connectivity index (χ1n) is 9.08. The third-order valence-electron chi connectivity index (χ3n) is 4.95. The van der Waals surface area contributed by atoms with Crippen LogP contribution in [0.1, 0.15) is 53.7 Å². The molecule has 0 aliphatic carbocycles. The molecule has 5 nitrogen and oxygen atoms in total. The Bertz CT molecular complexity index is 886. The molecule has 1 aliphatic rings. The van der Waals surface area contributed by atoms with Gasteiger partial charge in [-0.3, -0.25) is 9.59 Å². The lowest BCUT2D eigenvalue weighted by molar-refractivity contribution is -0.122. The second-order valence-corrected chi connectivity index (χ2v) is 7.46. The maximum atomic E-state index is 12.4. The summed E-state index contributed by atoms with van der Waals surface area (Å²) in [4.78, 5) is 24.8. The van der Waals surface area contributed by atoms with E-state index in [0.717, 1.165) is 16.7 Å². The summed E-state index contributed by atoms with van der Waals surface area (Å²) < 4.78 is 10.7. The molecule has 0 bridgehead atoms. The van der Waals surface area contributed by atoms with E-state index in [2.05, 4.69) is 5.32 Å². The van der Waals surface area contributed by atoms with Crippen molar-refractivity contribution in [3.63, 3.8) is 0 Å². The molecule has 5 heteroatoms. The van der Waals surface area contributed by atoms with E-state index in [1.165, 1.54) is 0 Å². The van der Waals surface area contributed by atoms with E-state index in [0.29, 0.717) is 17.1 Å². The second-order valence-electron chi connectivity index (χ2n) is 7.46. The number of carbonyl (C=O) groups excluding carboxylic acids is 2. The van der Waals surface area contributed by atoms with Crippen LogP contribution in [0, 0.1) is 13.8 Å². The highest BCUT2D eigenvalue weighted by molar-refractivity contribution is 5.98. The summed E-state index contributed by atoms with van der Waals surface area (Å²) >= 11 is 0. The molecule has 27 heavy (non-hydrogen) atoms. The Hall–Kier alpha value is -2.82. The monoisotopic (exact) mass is 367 g/mol. The van der Waals surface area contributed by atoms with Crippen molar-refractivity contribution in [2.24, 2.45) is 0 Å². The van der Waals surface area contributed by atoms with Gasteiger partial charge in [-0.2, -0.15) is 0 Å². The first-order valence-corrected chi connectivity index (χ1v) is 9.08. The fourth-order valence-electron chi connectivity index (χ4n) is 3.05. The molecule has 0 saturated heterocycles. The number of hydrogen-bond donors (Lipinski definition) is 1. The van der Waals surface area contributed by atoms with Crippen molar-refractivity contribution in [3.05, 3.63) is 58.7 Å². The molecule has 1 N–H and O–H groups in total. The molecular formula is C22H25NO4. The molecule has 0 aromatic heterocycles. The minimum Gasteiger partial charge on any atom is -0.454 e. The van der Waals surface area contributed by atoms with Gasteiger partial charge in [-0.25, -0.2) is 0 Å². The van der Waals surface area contributed by atoms with Crippen LogP contribution >= 0.6 is 0 Å². The molecule has 3 rings (SSSR count). The average molecular weight is 367 g/mol. The molecule has 0 unspecified atom stereocenters. The fourth-order valence-corrected chi connectivity index (χ4v) is 3.05. The number of ether oxygens (including phenoxy) is 2. The summed E-state index contributed by atoms with van der Waals surface area (Å²) in [6, 6.07) is 11.3. The lowest BCUT2D eigenvalue weighted by atomic mass is 9.93. The van der Waals surface area contributed by atoms with Crippen LogP contribution in [0.5, 0.6) is 11.5 Å². The van der Waals surface area contributed by atoms with Gasteiger partial charge in [0.25, 0.3) is 0 Å². The summed E-state index contributed by atoms with van der Waals surface area (Å²) in [5.41, 5.74) is 3.21. The Labute approximate surface area is 159 Å². The average Bonchev–Trinajstić information content (AvgIpc) is 3.09. The molecular weight excluding hydrogens is 342 g/mol. The molecule has 1 aliphatic heterocycles. The molecule has 0 fully saturated rings. The van der Waals surface area contributed by atoms with Gasteiger partial charge in [0.15, 0.2) is 17.3 Å². The number of carbonyl (C=O) groups is 2. The summed E-state index contributed by atoms with van der Waals surface area (Å²) in [5, 5.41) is 3.00. The van der Waals surface area contributed by atoms with Gasteiger partial charge >= 0.3 is 0 Å². The number of fused-ring (bicyclic) bond motifs is 1. The smallest absolute Gasteiger partial charge is 0.231 e. The fraction of sp³-hybridized carbons (Fsp3) is 0.364. The highest BCUT2D eigenvalue weighted by Gasteiger charge is 2.26. The van der Waals surface area contributed by atoms with Crippen molar-refractivity contribution in [1.82, 2.24) is 5.32 Å². The van der Waals surface area contributed by atoms with E-state index in [4.69, 9.17) is 9.47 Å². The molecule has 142 valence electrons. The van der Waals surface area contributed by atoms with Crippen LogP contribution in [0.3, 0.4) is 0 Å². The summed E-state index contributed by atoms with van der Waals surface area (Å²) in [5.74, 6) is 1.21. The standard InChI is InChI=1S/C22H25NO4/c1-14-5-6-16(11-15(14)2)18(24)8-10-21(25)23-22(3,4)17-7-9-19-20(12-17)27-13-26-19/h5-7,9,11-12H,8,10,13H2,1-4H3,(H,23,25). The number of aryl methyl sites for hydroxylation is 2. The number of Topliss-reactive ketones (excluding diaryl/α,β-unsaturated/α-hetero) is 1. The highest BCUT2D eigenvalue weighted by Crippen LogP contribution is 2.35.